The zero-order valence-corrected chi connectivity index (χ0v) is 61.9. The molecule has 0 saturated carbocycles. The molecule has 1 saturated heterocycles. The number of urea groups is 1. The molecule has 106 heavy (non-hydrogen) atoms. The fraction of sp³-hybridized carbons (Fsp3) is 0.359. The first-order chi connectivity index (χ1) is 50.7. The number of alkyl carbamates (subject to hydrolysis) is 1. The van der Waals surface area contributed by atoms with Crippen molar-refractivity contribution in [2.75, 3.05) is 78.5 Å². The number of benzene rings is 5. The quantitative estimate of drug-likeness (QED) is 0.0130. The van der Waals surface area contributed by atoms with Gasteiger partial charge in [0, 0.05) is 60.5 Å². The van der Waals surface area contributed by atoms with Crippen LogP contribution in [0.4, 0.5) is 24.5 Å². The number of fused-ring (bicyclic) bond motifs is 1. The number of primary amides is 1. The number of aliphatic carboxylic acids is 1. The number of halogens is 2. The van der Waals surface area contributed by atoms with Crippen LogP contribution in [0.3, 0.4) is 0 Å². The van der Waals surface area contributed by atoms with Crippen molar-refractivity contribution in [3.63, 3.8) is 0 Å². The number of nitrogens with two attached hydrogens (primary N) is 1. The van der Waals surface area contributed by atoms with E-state index in [-0.39, 0.29) is 64.6 Å². The van der Waals surface area contributed by atoms with Crippen molar-refractivity contribution in [2.45, 2.75) is 104 Å². The smallest absolute Gasteiger partial charge is 0.411 e. The average Bonchev–Trinajstić information content (AvgIpc) is 1.58. The number of carboxylic acid groups (broad SMARTS) is 1. The molecule has 9 rings (SSSR count). The maximum absolute atomic E-state index is 14.6. The average molecular weight is 1490 g/mol. The highest BCUT2D eigenvalue weighted by Crippen LogP contribution is 2.50. The standard InChI is InChI=1S/C78H86ClFN12O13S/c1-11-34-91(77(99)102-40-12-2)44-53-42-55(87-70(93)59(20-17-32-83-75(81)97)88-71(94)67(48(3)4)89-76(98)105-78(6,7)8)28-25-52(53)45-92(9)38-35-90(36-39-92)37-41-101-62-30-29-57(49(5)66(62)79)64-65-72(84-47-85-73(65)106-68(64)50-23-26-54(80)27-24-50)104-63(74(95)96)43-51-18-13-15-21-60(51)103-46-56-31-33-82-69(86-56)58-19-14-16-22-61(58)100-10/h1-2,13-16,18-19,21-31,33,42,47-48,59,63,67H,17,20,32,34-41,43-46H2,3-10H3,(H6-,81,83,87,88,89,93,94,95,96,97,98)/p+1/t59?,63-,67?/m1/s1. The SMILES string of the molecule is C#CCOC(=O)N(CC#C)Cc1cc(NC(=O)C(CCCNC(N)=O)NC(=O)C(NC(=O)OC(C)(C)C)C(C)C)ccc1C[N+]1(C)CCN(CCOc2ccc(-c3c(-c4ccc(F)cc4)sc4ncnc(O[C@H](Cc5ccccc5OCc5ccnc(-c6ccccc6OC)n5)C(=O)O)c34)c(C)c2Cl)CC1. The van der Waals surface area contributed by atoms with Gasteiger partial charge in [-0.05, 0) is 129 Å². The summed E-state index contributed by atoms with van der Waals surface area (Å²) in [6.07, 6.45) is 11.3. The molecule has 6 amide bonds. The molecule has 556 valence electrons. The van der Waals surface area contributed by atoms with Gasteiger partial charge in [-0.1, -0.05) is 91.9 Å². The van der Waals surface area contributed by atoms with Crippen molar-refractivity contribution in [1.29, 1.82) is 0 Å². The van der Waals surface area contributed by atoms with E-state index in [0.717, 1.165) is 5.56 Å². The fourth-order valence-electron chi connectivity index (χ4n) is 12.0. The minimum atomic E-state index is -1.46. The first-order valence-electron chi connectivity index (χ1n) is 34.4. The van der Waals surface area contributed by atoms with Gasteiger partial charge in [-0.3, -0.25) is 19.4 Å². The van der Waals surface area contributed by atoms with Crippen LogP contribution in [0.2, 0.25) is 5.02 Å². The molecule has 3 atom stereocenters. The number of terminal acetylenes is 2. The lowest BCUT2D eigenvalue weighted by molar-refractivity contribution is -0.926. The van der Waals surface area contributed by atoms with Crippen molar-refractivity contribution >= 4 is 74.8 Å². The molecule has 3 aromatic heterocycles. The molecule has 0 aliphatic carbocycles. The Morgan fingerprint density at radius 3 is 2.29 bits per heavy atom. The van der Waals surface area contributed by atoms with Crippen molar-refractivity contribution in [3.8, 4) is 80.8 Å². The van der Waals surface area contributed by atoms with E-state index in [9.17, 15) is 38.3 Å². The van der Waals surface area contributed by atoms with E-state index >= 15 is 0 Å². The summed E-state index contributed by atoms with van der Waals surface area (Å²) < 4.78 is 50.7. The second kappa shape index (κ2) is 36.6. The van der Waals surface area contributed by atoms with Crippen molar-refractivity contribution in [3.05, 3.63) is 161 Å². The minimum Gasteiger partial charge on any atom is -0.496 e. The normalized spacial score (nSPS) is 13.6. The molecule has 8 aromatic rings. The highest BCUT2D eigenvalue weighted by atomic mass is 35.5. The number of likely N-dealkylation sites (N-methyl/N-ethyl adjacent to an activating group) is 1. The van der Waals surface area contributed by atoms with Crippen LogP contribution in [0.25, 0.3) is 43.2 Å². The molecule has 0 radical (unpaired) electrons. The van der Waals surface area contributed by atoms with Gasteiger partial charge in [-0.25, -0.2) is 43.5 Å². The molecule has 0 bridgehead atoms. The molecular formula is C78H87ClFN12O13S+. The number of anilines is 1. The molecule has 1 aliphatic heterocycles. The van der Waals surface area contributed by atoms with E-state index in [0.29, 0.717) is 137 Å². The number of ether oxygens (including phenoxy) is 6. The number of carbonyl (C=O) groups is 6. The zero-order valence-electron chi connectivity index (χ0n) is 60.3. The number of hydrogen-bond acceptors (Lipinski definition) is 18. The van der Waals surface area contributed by atoms with Gasteiger partial charge < -0.3 is 65.0 Å². The van der Waals surface area contributed by atoms with Crippen LogP contribution < -0.4 is 45.9 Å². The summed E-state index contributed by atoms with van der Waals surface area (Å²) in [6, 6.07) is 28.3. The third-order valence-corrected chi connectivity index (χ3v) is 19.1. The van der Waals surface area contributed by atoms with Gasteiger partial charge in [0.05, 0.1) is 62.0 Å². The van der Waals surface area contributed by atoms with E-state index in [4.69, 9.17) is 63.6 Å². The van der Waals surface area contributed by atoms with E-state index in [1.807, 2.05) is 43.3 Å². The number of quaternary nitrogens is 1. The van der Waals surface area contributed by atoms with Crippen LogP contribution in [0, 0.1) is 43.3 Å². The highest BCUT2D eigenvalue weighted by Gasteiger charge is 2.34. The number of piperazine rings is 1. The van der Waals surface area contributed by atoms with Gasteiger partial charge >= 0.3 is 24.2 Å². The number of methoxy groups -OCH3 is 1. The van der Waals surface area contributed by atoms with Crippen LogP contribution in [0.15, 0.2) is 122 Å². The predicted molar refractivity (Wildman–Crippen MR) is 401 cm³/mol. The lowest BCUT2D eigenvalue weighted by Crippen LogP contribution is -2.57. The molecule has 5 aromatic carbocycles. The van der Waals surface area contributed by atoms with E-state index in [1.165, 1.54) is 34.7 Å². The van der Waals surface area contributed by atoms with Gasteiger partial charge in [0.15, 0.2) is 12.4 Å². The van der Waals surface area contributed by atoms with Gasteiger partial charge in [-0.2, -0.15) is 0 Å². The Balaban J connectivity index is 0.893. The molecule has 2 unspecified atom stereocenters. The predicted octanol–water partition coefficient (Wildman–Crippen LogP) is 11.2. The van der Waals surface area contributed by atoms with Gasteiger partial charge in [-0.15, -0.1) is 24.2 Å². The lowest BCUT2D eigenvalue weighted by atomic mass is 9.96. The summed E-state index contributed by atoms with van der Waals surface area (Å²) in [5.74, 6) is 3.42. The second-order valence-corrected chi connectivity index (χ2v) is 28.3. The van der Waals surface area contributed by atoms with Crippen molar-refractivity contribution < 1.29 is 71.2 Å². The van der Waals surface area contributed by atoms with Gasteiger partial charge in [0.1, 0.15) is 71.7 Å². The monoisotopic (exact) mass is 1490 g/mol. The number of hydrogen-bond donors (Lipinski definition) is 6. The summed E-state index contributed by atoms with van der Waals surface area (Å²) in [5.41, 5.74) is 10.7. The van der Waals surface area contributed by atoms with Crippen LogP contribution in [0.5, 0.6) is 23.1 Å². The molecule has 4 heterocycles. The lowest BCUT2D eigenvalue weighted by Gasteiger charge is -2.42. The van der Waals surface area contributed by atoms with Crippen molar-refractivity contribution in [1.82, 2.24) is 45.7 Å². The summed E-state index contributed by atoms with van der Waals surface area (Å²) in [6.45, 7) is 14.3. The van der Waals surface area contributed by atoms with Crippen LogP contribution in [-0.4, -0.2) is 172 Å². The second-order valence-electron chi connectivity index (χ2n) is 26.9. The Bertz CT molecular complexity index is 4550. The maximum Gasteiger partial charge on any atom is 0.411 e. The summed E-state index contributed by atoms with van der Waals surface area (Å²) >= 11 is 8.60. The summed E-state index contributed by atoms with van der Waals surface area (Å²) in [5, 5.41) is 22.4. The maximum atomic E-state index is 14.6. The number of amides is 6. The molecule has 1 fully saturated rings. The van der Waals surface area contributed by atoms with Crippen LogP contribution in [-0.2, 0) is 50.0 Å². The first-order valence-corrected chi connectivity index (χ1v) is 35.5. The topological polar surface area (TPSA) is 310 Å². The zero-order chi connectivity index (χ0) is 76.2. The molecule has 0 spiro atoms. The first kappa shape index (κ1) is 79.0. The van der Waals surface area contributed by atoms with Crippen LogP contribution >= 0.6 is 22.9 Å². The third kappa shape index (κ3) is 21.3. The molecule has 1 aliphatic rings. The number of carboxylic acids is 1. The number of nitrogens with one attached hydrogen (secondary N) is 4. The molecule has 25 nitrogen and oxygen atoms in total. The fourth-order valence-corrected chi connectivity index (χ4v) is 13.4. The Morgan fingerprint density at radius 1 is 0.858 bits per heavy atom. The number of nitrogens with zero attached hydrogens (tertiary/aromatic N) is 7. The largest absolute Gasteiger partial charge is 0.496 e. The number of aromatic nitrogens is 4. The molecule has 7 N–H and O–H groups in total. The Hall–Kier alpha value is -11.1. The summed E-state index contributed by atoms with van der Waals surface area (Å²) in [4.78, 5) is 102. The number of para-hydroxylation sites is 2. The highest BCUT2D eigenvalue weighted by molar-refractivity contribution is 7.22. The Morgan fingerprint density at radius 2 is 1.59 bits per heavy atom. The van der Waals surface area contributed by atoms with E-state index in [2.05, 4.69) is 60.0 Å². The molecule has 28 heteroatoms. The Kier molecular flexibility index (Phi) is 27.3. The van der Waals surface area contributed by atoms with E-state index < -0.39 is 71.5 Å². The van der Waals surface area contributed by atoms with E-state index in [1.54, 1.807) is 109 Å². The molecular weight excluding hydrogens is 1400 g/mol. The van der Waals surface area contributed by atoms with Gasteiger partial charge in [0.2, 0.25) is 23.8 Å². The Labute approximate surface area is 624 Å². The van der Waals surface area contributed by atoms with Crippen LogP contribution in [0.1, 0.15) is 75.4 Å². The summed E-state index contributed by atoms with van der Waals surface area (Å²) in [7, 11) is 3.72. The third-order valence-electron chi connectivity index (χ3n) is 17.5. The number of rotatable bonds is 32. The number of thiophene rings is 1. The van der Waals surface area contributed by atoms with Crippen molar-refractivity contribution in [2.24, 2.45) is 11.7 Å². The minimum absolute atomic E-state index is 0.00543. The number of carbonyl (C=O) groups excluding carboxylic acids is 5. The van der Waals surface area contributed by atoms with Gasteiger partial charge in [0.25, 0.3) is 0 Å².